The summed E-state index contributed by atoms with van der Waals surface area (Å²) in [6.07, 6.45) is 0.0207. The molecular weight excluding hydrogens is 1070 g/mol. The molecule has 0 fully saturated rings. The van der Waals surface area contributed by atoms with Gasteiger partial charge in [0, 0.05) is 30.5 Å². The van der Waals surface area contributed by atoms with E-state index in [2.05, 4.69) is 170 Å². The van der Waals surface area contributed by atoms with Crippen LogP contribution >= 0.6 is 11.3 Å². The average molecular weight is 1130 g/mol. The van der Waals surface area contributed by atoms with Crippen molar-refractivity contribution in [2.45, 2.75) is 90.8 Å². The average Bonchev–Trinajstić information content (AvgIpc) is 3.87. The third-order valence-electron chi connectivity index (χ3n) is 12.0. The Kier molecular flexibility index (Phi) is 11.6. The molecule has 0 aliphatic carbocycles. The number of fused-ring (bicyclic) bond motifs is 7. The third-order valence-corrected chi connectivity index (χ3v) is 17.4. The van der Waals surface area contributed by atoms with Gasteiger partial charge < -0.3 is 4.57 Å². The van der Waals surface area contributed by atoms with Gasteiger partial charge in [0.05, 0.1) is 16.9 Å². The number of nitrogens with zero attached hydrogens (tertiary/aromatic N) is 3. The van der Waals surface area contributed by atoms with E-state index in [4.69, 9.17) is 11.8 Å². The summed E-state index contributed by atoms with van der Waals surface area (Å²) in [5, 5.41) is 7.71. The van der Waals surface area contributed by atoms with E-state index in [9.17, 15) is 4.39 Å². The molecule has 3 aromatic heterocycles. The zero-order chi connectivity index (χ0) is 50.2. The fourth-order valence-electron chi connectivity index (χ4n) is 8.96. The molecule has 0 atom stereocenters. The molecule has 3 nitrogen and oxygen atoms in total. The first-order chi connectivity index (χ1) is 33.0. The van der Waals surface area contributed by atoms with E-state index < -0.39 is 37.7 Å². The van der Waals surface area contributed by atoms with Crippen LogP contribution in [-0.2, 0) is 26.5 Å². The normalized spacial score (nSPS) is 13.7. The molecule has 0 saturated heterocycles. The molecular formula is C59H58FGeIrN3S-2. The summed E-state index contributed by atoms with van der Waals surface area (Å²) < 4.78 is 60.3. The van der Waals surface area contributed by atoms with Gasteiger partial charge in [-0.2, -0.15) is 11.3 Å². The predicted molar refractivity (Wildman–Crippen MR) is 281 cm³/mol. The number of aromatic nitrogens is 3. The topological polar surface area (TPSA) is 30.7 Å². The maximum atomic E-state index is 14.7. The molecule has 1 radical (unpaired) electrons. The fraction of sp³-hybridized carbons (Fsp3) is 0.254. The SMILES string of the molecule is CC(C)c1cccc(C(C)C)c1-n1c(-c2[c-]ccc3c2sc2cc4c(ccc5ccccc54)cc23)nc2ccccc21.[2H]C([2H])([2H])c1c[c-]c(-c2cc(C([2H])([2H])C(C)(C)C)[c]([Ge]([CH3])([CH3])[CH3])cn2)c(F)c1.[Ir]. The molecule has 0 aliphatic rings. The zero-order valence-corrected chi connectivity index (χ0v) is 44.5. The molecule has 3 heterocycles. The van der Waals surface area contributed by atoms with Crippen LogP contribution in [0.5, 0.6) is 0 Å². The molecule has 0 saturated carbocycles. The summed E-state index contributed by atoms with van der Waals surface area (Å²) in [4.78, 5) is 9.71. The zero-order valence-electron chi connectivity index (χ0n) is 44.2. The Labute approximate surface area is 417 Å². The summed E-state index contributed by atoms with van der Waals surface area (Å²) in [5.74, 6) is 7.47. The summed E-state index contributed by atoms with van der Waals surface area (Å²) in [6, 6.07) is 47.7. The molecule has 10 aromatic rings. The van der Waals surface area contributed by atoms with Gasteiger partial charge in [0.2, 0.25) is 0 Å². The van der Waals surface area contributed by atoms with Crippen LogP contribution in [0.4, 0.5) is 4.39 Å². The number of aryl methyl sites for hydroxylation is 1. The monoisotopic (exact) mass is 1130 g/mol. The van der Waals surface area contributed by atoms with Gasteiger partial charge >= 0.3 is 149 Å². The summed E-state index contributed by atoms with van der Waals surface area (Å²) in [5.41, 5.74) is 7.18. The standard InChI is InChI=1S/C39H31N2S.C20H27FGeN.Ir/c1-23(2)27-13-9-14-28(24(3)4)37(27)41-35-18-8-7-17-34(35)40-39(41)31-16-10-15-30-33-21-26-20-19-25-11-5-6-12-29(25)32(26)22-36(33)42-38(30)31;1-14-8-9-16(17(21)10-14)19-11-15(12-20(2,3)4)18(13-23-19)22(5,6)7;/h5-15,17-24H,1-4H3;8,10-11,13H,12H2,1-7H3;/q2*-1;/i;1D3,12D2;. The number of pyridine rings is 1. The minimum atomic E-state index is -2.47. The van der Waals surface area contributed by atoms with Crippen LogP contribution in [0.25, 0.3) is 81.1 Å². The molecule has 337 valence electrons. The number of para-hydroxylation sites is 3. The van der Waals surface area contributed by atoms with Crippen molar-refractivity contribution in [3.8, 4) is 28.3 Å². The summed E-state index contributed by atoms with van der Waals surface area (Å²) in [6.45, 7) is 12.2. The van der Waals surface area contributed by atoms with Gasteiger partial charge in [-0.15, -0.1) is 18.2 Å². The van der Waals surface area contributed by atoms with Crippen molar-refractivity contribution in [2.24, 2.45) is 5.41 Å². The van der Waals surface area contributed by atoms with Crippen LogP contribution in [-0.4, -0.2) is 27.8 Å². The van der Waals surface area contributed by atoms with E-state index in [-0.39, 0.29) is 36.9 Å². The molecule has 0 bridgehead atoms. The Morgan fingerprint density at radius 1 is 0.773 bits per heavy atom. The molecule has 66 heavy (non-hydrogen) atoms. The second-order valence-corrected chi connectivity index (χ2v) is 31.4. The quantitative estimate of drug-likeness (QED) is 0.0905. The number of imidazole rings is 1. The van der Waals surface area contributed by atoms with Crippen molar-refractivity contribution in [3.05, 3.63) is 168 Å². The van der Waals surface area contributed by atoms with Crippen LogP contribution in [0.3, 0.4) is 0 Å². The van der Waals surface area contributed by atoms with Crippen molar-refractivity contribution in [1.82, 2.24) is 14.5 Å². The largest absolute Gasteiger partial charge is 0 e. The summed E-state index contributed by atoms with van der Waals surface area (Å²) in [7, 11) is 0. The molecule has 0 amide bonds. The van der Waals surface area contributed by atoms with E-state index in [0.29, 0.717) is 17.4 Å². The Morgan fingerprint density at radius 3 is 2.18 bits per heavy atom. The maximum Gasteiger partial charge on any atom is 0 e. The van der Waals surface area contributed by atoms with Gasteiger partial charge in [-0.05, 0) is 78.9 Å². The number of halogens is 1. The minimum Gasteiger partial charge on any atom is 0 e. The van der Waals surface area contributed by atoms with Crippen molar-refractivity contribution in [2.75, 3.05) is 0 Å². The molecule has 0 unspecified atom stereocenters. The van der Waals surface area contributed by atoms with Crippen LogP contribution in [0.15, 0.2) is 128 Å². The number of hydrogen-bond acceptors (Lipinski definition) is 3. The van der Waals surface area contributed by atoms with E-state index in [1.807, 2.05) is 32.1 Å². The second kappa shape index (κ2) is 18.6. The van der Waals surface area contributed by atoms with Gasteiger partial charge in [0.1, 0.15) is 0 Å². The van der Waals surface area contributed by atoms with Gasteiger partial charge in [-0.25, -0.2) is 0 Å². The second-order valence-electron chi connectivity index (χ2n) is 19.8. The number of benzene rings is 7. The third kappa shape index (κ3) is 9.19. The molecule has 10 rings (SSSR count). The molecule has 7 aromatic carbocycles. The van der Waals surface area contributed by atoms with Crippen molar-refractivity contribution >= 4 is 81.7 Å². The first kappa shape index (κ1) is 41.2. The van der Waals surface area contributed by atoms with Crippen molar-refractivity contribution in [1.29, 1.82) is 0 Å². The van der Waals surface area contributed by atoms with Crippen molar-refractivity contribution < 1.29 is 31.3 Å². The minimum absolute atomic E-state index is 0. The van der Waals surface area contributed by atoms with Crippen LogP contribution in [0, 0.1) is 30.2 Å². The van der Waals surface area contributed by atoms with Crippen LogP contribution in [0.1, 0.15) is 89.4 Å². The van der Waals surface area contributed by atoms with E-state index in [1.54, 1.807) is 12.3 Å². The Balaban J connectivity index is 0.000000205. The number of thiophene rings is 1. The Morgan fingerprint density at radius 2 is 1.48 bits per heavy atom. The molecule has 0 spiro atoms. The first-order valence-electron chi connectivity index (χ1n) is 25.0. The Hall–Kier alpha value is -4.98. The van der Waals surface area contributed by atoms with Gasteiger partial charge in [-0.1, -0.05) is 105 Å². The van der Waals surface area contributed by atoms with Crippen LogP contribution in [0.2, 0.25) is 17.3 Å². The van der Waals surface area contributed by atoms with E-state index in [0.717, 1.165) is 32.9 Å². The van der Waals surface area contributed by atoms with Gasteiger partial charge in [0.25, 0.3) is 0 Å². The van der Waals surface area contributed by atoms with Crippen molar-refractivity contribution in [3.63, 3.8) is 0 Å². The molecule has 0 N–H and O–H groups in total. The maximum absolute atomic E-state index is 14.7. The smallest absolute Gasteiger partial charge is 0 e. The first-order valence-corrected chi connectivity index (χ1v) is 30.6. The fourth-order valence-corrected chi connectivity index (χ4v) is 13.1. The van der Waals surface area contributed by atoms with E-state index in [1.165, 1.54) is 64.6 Å². The summed E-state index contributed by atoms with van der Waals surface area (Å²) >= 11 is -0.609. The molecule has 0 aliphatic heterocycles. The van der Waals surface area contributed by atoms with Crippen LogP contribution < -0.4 is 4.40 Å². The predicted octanol–water partition coefficient (Wildman–Crippen LogP) is 16.5. The van der Waals surface area contributed by atoms with E-state index >= 15 is 0 Å². The van der Waals surface area contributed by atoms with Gasteiger partial charge in [0.15, 0.2) is 0 Å². The van der Waals surface area contributed by atoms with Gasteiger partial charge in [-0.3, -0.25) is 4.98 Å². The number of hydrogen-bond donors (Lipinski definition) is 0. The Bertz CT molecular complexity index is 3610. The number of rotatable bonds is 7. The molecule has 7 heteroatoms.